The maximum Gasteiger partial charge on any atom is 0.279 e. The second-order valence-electron chi connectivity index (χ2n) is 7.02. The molecule has 2 N–H and O–H groups in total. The van der Waals surface area contributed by atoms with Crippen molar-refractivity contribution in [2.45, 2.75) is 51.1 Å². The largest absolute Gasteiger partial charge is 0.332 e. The summed E-state index contributed by atoms with van der Waals surface area (Å²) in [6, 6.07) is 7.27. The molecule has 0 aliphatic heterocycles. The number of nitrogens with zero attached hydrogens (tertiary/aromatic N) is 4. The summed E-state index contributed by atoms with van der Waals surface area (Å²) >= 11 is 0. The van der Waals surface area contributed by atoms with Gasteiger partial charge in [-0.15, -0.1) is 0 Å². The van der Waals surface area contributed by atoms with Gasteiger partial charge in [0, 0.05) is 5.39 Å². The van der Waals surface area contributed by atoms with E-state index >= 15 is 0 Å². The number of rotatable bonds is 3. The zero-order chi connectivity index (χ0) is 17.6. The third-order valence-corrected chi connectivity index (χ3v) is 4.89. The van der Waals surface area contributed by atoms with Crippen molar-refractivity contribution in [1.82, 2.24) is 19.9 Å². The second kappa shape index (κ2) is 5.77. The lowest BCUT2D eigenvalue weighted by Gasteiger charge is -2.17. The quantitative estimate of drug-likeness (QED) is 0.787. The van der Waals surface area contributed by atoms with E-state index in [0.717, 1.165) is 25.7 Å². The Balaban J connectivity index is 1.91. The van der Waals surface area contributed by atoms with Gasteiger partial charge in [-0.25, -0.2) is 4.68 Å². The molecule has 1 aliphatic rings. The normalized spacial score (nSPS) is 16.8. The van der Waals surface area contributed by atoms with Crippen LogP contribution in [0.1, 0.15) is 51.4 Å². The van der Waals surface area contributed by atoms with Crippen LogP contribution in [0.25, 0.3) is 22.4 Å². The van der Waals surface area contributed by atoms with Crippen molar-refractivity contribution >= 4 is 10.8 Å². The zero-order valence-electron chi connectivity index (χ0n) is 14.4. The third-order valence-electron chi connectivity index (χ3n) is 4.89. The molecule has 0 radical (unpaired) electrons. The fourth-order valence-electron chi connectivity index (χ4n) is 3.47. The molecule has 0 saturated heterocycles. The molecule has 7 nitrogen and oxygen atoms in total. The van der Waals surface area contributed by atoms with Gasteiger partial charge < -0.3 is 10.3 Å². The van der Waals surface area contributed by atoms with E-state index in [4.69, 9.17) is 10.3 Å². The summed E-state index contributed by atoms with van der Waals surface area (Å²) in [5.41, 5.74) is 6.30. The number of aromatic nitrogens is 4. The number of nitrogens with two attached hydrogens (primary N) is 1. The molecule has 7 heteroatoms. The van der Waals surface area contributed by atoms with Crippen molar-refractivity contribution < 1.29 is 4.52 Å². The van der Waals surface area contributed by atoms with Crippen LogP contribution in [0.2, 0.25) is 0 Å². The van der Waals surface area contributed by atoms with Gasteiger partial charge in [0.15, 0.2) is 11.5 Å². The lowest BCUT2D eigenvalue weighted by atomic mass is 9.99. The Morgan fingerprint density at radius 3 is 2.56 bits per heavy atom. The highest BCUT2D eigenvalue weighted by molar-refractivity contribution is 5.91. The highest BCUT2D eigenvalue weighted by Gasteiger charge is 2.36. The lowest BCUT2D eigenvalue weighted by Crippen LogP contribution is -2.34. The summed E-state index contributed by atoms with van der Waals surface area (Å²) in [4.78, 5) is 17.2. The molecule has 1 fully saturated rings. The van der Waals surface area contributed by atoms with E-state index in [-0.39, 0.29) is 11.6 Å². The van der Waals surface area contributed by atoms with Gasteiger partial charge in [0.05, 0.1) is 17.0 Å². The molecule has 0 spiro atoms. The van der Waals surface area contributed by atoms with Crippen molar-refractivity contribution in [1.29, 1.82) is 0 Å². The fourth-order valence-corrected chi connectivity index (χ4v) is 3.47. The molecule has 0 amide bonds. The van der Waals surface area contributed by atoms with E-state index < -0.39 is 5.54 Å². The molecule has 1 aliphatic carbocycles. The number of hydrogen-bond acceptors (Lipinski definition) is 6. The second-order valence-corrected chi connectivity index (χ2v) is 7.02. The molecule has 25 heavy (non-hydrogen) atoms. The van der Waals surface area contributed by atoms with Gasteiger partial charge in [-0.2, -0.15) is 10.1 Å². The van der Waals surface area contributed by atoms with Gasteiger partial charge in [0.1, 0.15) is 0 Å². The minimum Gasteiger partial charge on any atom is -0.332 e. The van der Waals surface area contributed by atoms with E-state index in [1.165, 1.54) is 4.68 Å². The van der Waals surface area contributed by atoms with Crippen LogP contribution in [0.15, 0.2) is 33.6 Å². The number of fused-ring (bicyclic) bond motifs is 1. The van der Waals surface area contributed by atoms with E-state index in [1.807, 2.05) is 32.0 Å². The maximum absolute atomic E-state index is 12.6. The minimum absolute atomic E-state index is 0.0751. The first-order valence-corrected chi connectivity index (χ1v) is 8.64. The summed E-state index contributed by atoms with van der Waals surface area (Å²) < 4.78 is 6.95. The lowest BCUT2D eigenvalue weighted by molar-refractivity contribution is 0.371. The summed E-state index contributed by atoms with van der Waals surface area (Å²) in [6.07, 6.45) is 3.84. The first-order valence-electron chi connectivity index (χ1n) is 8.64. The van der Waals surface area contributed by atoms with Crippen LogP contribution in [0, 0.1) is 0 Å². The van der Waals surface area contributed by atoms with Gasteiger partial charge in [-0.1, -0.05) is 36.2 Å². The predicted octanol–water partition coefficient (Wildman–Crippen LogP) is 2.76. The monoisotopic (exact) mass is 339 g/mol. The Hall–Kier alpha value is -2.54. The average molecular weight is 339 g/mol. The molecule has 1 saturated carbocycles. The first-order chi connectivity index (χ1) is 12.0. The van der Waals surface area contributed by atoms with Crippen LogP contribution in [0.3, 0.4) is 0 Å². The predicted molar refractivity (Wildman–Crippen MR) is 94.0 cm³/mol. The van der Waals surface area contributed by atoms with Crippen LogP contribution in [0.4, 0.5) is 0 Å². The molecule has 1 aromatic carbocycles. The van der Waals surface area contributed by atoms with Crippen LogP contribution >= 0.6 is 0 Å². The Morgan fingerprint density at radius 2 is 1.88 bits per heavy atom. The molecule has 0 atom stereocenters. The van der Waals surface area contributed by atoms with E-state index in [9.17, 15) is 4.79 Å². The molecule has 3 aromatic rings. The summed E-state index contributed by atoms with van der Waals surface area (Å²) in [5, 5.41) is 9.90. The molecular weight excluding hydrogens is 318 g/mol. The van der Waals surface area contributed by atoms with Crippen LogP contribution < -0.4 is 11.3 Å². The standard InChI is InChI=1S/C18H21N5O2/c1-11(2)23-16(24)13-8-4-3-7-12(13)14(21-23)15-20-17(22-25-15)18(19)9-5-6-10-18/h3-4,7-8,11H,5-6,9-10,19H2,1-2H3. The van der Waals surface area contributed by atoms with Crippen LogP contribution in [0.5, 0.6) is 0 Å². The SMILES string of the molecule is CC(C)n1nc(-c2nc(C3(N)CCCC3)no2)c2ccccc2c1=O. The fraction of sp³-hybridized carbons (Fsp3) is 0.444. The Labute approximate surface area is 144 Å². The molecular formula is C18H21N5O2. The van der Waals surface area contributed by atoms with Crippen molar-refractivity contribution in [2.24, 2.45) is 5.73 Å². The van der Waals surface area contributed by atoms with Crippen LogP contribution in [-0.2, 0) is 5.54 Å². The smallest absolute Gasteiger partial charge is 0.279 e. The van der Waals surface area contributed by atoms with Gasteiger partial charge in [0.25, 0.3) is 11.4 Å². The first kappa shape index (κ1) is 16.0. The van der Waals surface area contributed by atoms with E-state index in [0.29, 0.717) is 28.2 Å². The van der Waals surface area contributed by atoms with Crippen molar-refractivity contribution in [2.75, 3.05) is 0 Å². The van der Waals surface area contributed by atoms with Gasteiger partial charge in [0.2, 0.25) is 0 Å². The Morgan fingerprint density at radius 1 is 1.20 bits per heavy atom. The number of hydrogen-bond donors (Lipinski definition) is 1. The number of benzene rings is 1. The van der Waals surface area contributed by atoms with Crippen molar-refractivity contribution in [3.8, 4) is 11.6 Å². The molecule has 0 unspecified atom stereocenters. The zero-order valence-corrected chi connectivity index (χ0v) is 14.4. The van der Waals surface area contributed by atoms with Crippen molar-refractivity contribution in [3.05, 3.63) is 40.4 Å². The Kier molecular flexibility index (Phi) is 3.68. The molecule has 130 valence electrons. The van der Waals surface area contributed by atoms with Crippen molar-refractivity contribution in [3.63, 3.8) is 0 Å². The average Bonchev–Trinajstić information content (AvgIpc) is 3.25. The third kappa shape index (κ3) is 2.55. The molecule has 4 rings (SSSR count). The minimum atomic E-state index is -0.524. The van der Waals surface area contributed by atoms with E-state index in [2.05, 4.69) is 15.2 Å². The highest BCUT2D eigenvalue weighted by Crippen LogP contribution is 2.35. The topological polar surface area (TPSA) is 99.8 Å². The molecule has 2 heterocycles. The van der Waals surface area contributed by atoms with E-state index in [1.54, 1.807) is 6.07 Å². The molecule has 2 aromatic heterocycles. The summed E-state index contributed by atoms with van der Waals surface area (Å²) in [6.45, 7) is 3.83. The van der Waals surface area contributed by atoms with Gasteiger partial charge in [-0.3, -0.25) is 4.79 Å². The van der Waals surface area contributed by atoms with Gasteiger partial charge >= 0.3 is 0 Å². The van der Waals surface area contributed by atoms with Gasteiger partial charge in [-0.05, 0) is 32.8 Å². The molecule has 0 bridgehead atoms. The summed E-state index contributed by atoms with van der Waals surface area (Å²) in [7, 11) is 0. The van der Waals surface area contributed by atoms with Crippen LogP contribution in [-0.4, -0.2) is 19.9 Å². The Bertz CT molecular complexity index is 983. The summed E-state index contributed by atoms with van der Waals surface area (Å²) in [5.74, 6) is 0.825. The highest BCUT2D eigenvalue weighted by atomic mass is 16.5. The maximum atomic E-state index is 12.6.